The number of hydrogen-bond donors (Lipinski definition) is 1. The maximum Gasteiger partial charge on any atom is 0.227 e. The van der Waals surface area contributed by atoms with Crippen LogP contribution in [0, 0.1) is 11.6 Å². The van der Waals surface area contributed by atoms with E-state index in [1.54, 1.807) is 4.90 Å². The van der Waals surface area contributed by atoms with Crippen LogP contribution in [0.3, 0.4) is 0 Å². The number of nitrogens with one attached hydrogen (secondary N) is 1. The first kappa shape index (κ1) is 15.5. The van der Waals surface area contributed by atoms with Crippen LogP contribution in [-0.4, -0.2) is 44.5 Å². The molecule has 1 aliphatic rings. The van der Waals surface area contributed by atoms with Gasteiger partial charge in [0.2, 0.25) is 5.91 Å². The molecule has 8 heteroatoms. The lowest BCUT2D eigenvalue weighted by Gasteiger charge is -2.37. The van der Waals surface area contributed by atoms with Gasteiger partial charge in [0, 0.05) is 24.6 Å². The zero-order valence-electron chi connectivity index (χ0n) is 12.7. The molecule has 1 fully saturated rings. The van der Waals surface area contributed by atoms with E-state index in [4.69, 9.17) is 0 Å². The lowest BCUT2D eigenvalue weighted by Crippen LogP contribution is -2.45. The number of hydrogen-bond acceptors (Lipinski definition) is 4. The summed E-state index contributed by atoms with van der Waals surface area (Å²) in [6.45, 7) is 3.14. The molecule has 6 nitrogen and oxygen atoms in total. The molecular formula is C15H17F2N5O. The lowest BCUT2D eigenvalue weighted by molar-refractivity contribution is -0.132. The van der Waals surface area contributed by atoms with Crippen LogP contribution in [0.1, 0.15) is 31.2 Å². The Morgan fingerprint density at radius 3 is 2.70 bits per heavy atom. The van der Waals surface area contributed by atoms with Crippen LogP contribution in [0.4, 0.5) is 8.78 Å². The Balaban J connectivity index is 1.62. The molecule has 122 valence electrons. The SMILES string of the molecule is CC1(c2nn[nH]n2)CCN(C(=O)Cc2ccc(F)cc2F)CC1. The number of benzene rings is 1. The zero-order valence-corrected chi connectivity index (χ0v) is 12.7. The number of tetrazole rings is 1. The highest BCUT2D eigenvalue weighted by atomic mass is 19.1. The van der Waals surface area contributed by atoms with Gasteiger partial charge in [0.25, 0.3) is 0 Å². The van der Waals surface area contributed by atoms with Crippen molar-refractivity contribution in [3.8, 4) is 0 Å². The van der Waals surface area contributed by atoms with E-state index >= 15 is 0 Å². The number of aromatic nitrogens is 4. The standard InChI is InChI=1S/C15H17F2N5O/c1-15(14-18-20-21-19-14)4-6-22(7-5-15)13(23)8-10-2-3-11(16)9-12(10)17/h2-3,9H,4-8H2,1H3,(H,18,19,20,21). The number of carbonyl (C=O) groups excluding carboxylic acids is 1. The number of rotatable bonds is 3. The maximum atomic E-state index is 13.6. The molecule has 23 heavy (non-hydrogen) atoms. The lowest BCUT2D eigenvalue weighted by atomic mass is 9.79. The predicted octanol–water partition coefficient (Wildman–Crippen LogP) is 1.60. The molecule has 0 bridgehead atoms. The third-order valence-electron chi connectivity index (χ3n) is 4.46. The Hall–Kier alpha value is -2.38. The molecule has 2 aromatic rings. The van der Waals surface area contributed by atoms with Gasteiger partial charge in [0.05, 0.1) is 6.42 Å². The van der Waals surface area contributed by atoms with Gasteiger partial charge in [0.1, 0.15) is 11.6 Å². The van der Waals surface area contributed by atoms with Gasteiger partial charge in [-0.1, -0.05) is 18.2 Å². The molecule has 3 rings (SSSR count). The van der Waals surface area contributed by atoms with Crippen molar-refractivity contribution in [2.24, 2.45) is 0 Å². The Morgan fingerprint density at radius 2 is 2.09 bits per heavy atom. The summed E-state index contributed by atoms with van der Waals surface area (Å²) in [5.74, 6) is -0.848. The van der Waals surface area contributed by atoms with Crippen LogP contribution in [0.5, 0.6) is 0 Å². The number of nitrogens with zero attached hydrogens (tertiary/aromatic N) is 4. The summed E-state index contributed by atoms with van der Waals surface area (Å²) >= 11 is 0. The van der Waals surface area contributed by atoms with Crippen molar-refractivity contribution in [3.63, 3.8) is 0 Å². The first-order chi connectivity index (χ1) is 11.0. The smallest absolute Gasteiger partial charge is 0.227 e. The minimum Gasteiger partial charge on any atom is -0.342 e. The average Bonchev–Trinajstić information content (AvgIpc) is 3.06. The average molecular weight is 321 g/mol. The summed E-state index contributed by atoms with van der Waals surface area (Å²) in [4.78, 5) is 14.0. The van der Waals surface area contributed by atoms with Crippen molar-refractivity contribution in [3.05, 3.63) is 41.2 Å². The molecule has 1 saturated heterocycles. The van der Waals surface area contributed by atoms with Crippen LogP contribution in [-0.2, 0) is 16.6 Å². The summed E-state index contributed by atoms with van der Waals surface area (Å²) in [5.41, 5.74) is -0.00633. The number of carbonyl (C=O) groups is 1. The van der Waals surface area contributed by atoms with Crippen molar-refractivity contribution < 1.29 is 13.6 Å². The first-order valence-electron chi connectivity index (χ1n) is 7.43. The number of H-pyrrole nitrogens is 1. The van der Waals surface area contributed by atoms with E-state index in [0.717, 1.165) is 12.1 Å². The van der Waals surface area contributed by atoms with Crippen molar-refractivity contribution in [1.82, 2.24) is 25.5 Å². The van der Waals surface area contributed by atoms with E-state index in [-0.39, 0.29) is 23.3 Å². The fourth-order valence-electron chi connectivity index (χ4n) is 2.83. The van der Waals surface area contributed by atoms with Gasteiger partial charge in [-0.15, -0.1) is 10.2 Å². The van der Waals surface area contributed by atoms with Gasteiger partial charge in [-0.3, -0.25) is 4.79 Å². The second-order valence-electron chi connectivity index (χ2n) is 6.09. The van der Waals surface area contributed by atoms with Crippen molar-refractivity contribution in [2.75, 3.05) is 13.1 Å². The fraction of sp³-hybridized carbons (Fsp3) is 0.467. The number of halogens is 2. The van der Waals surface area contributed by atoms with Crippen molar-refractivity contribution in [2.45, 2.75) is 31.6 Å². The highest BCUT2D eigenvalue weighted by Gasteiger charge is 2.36. The van der Waals surface area contributed by atoms with Gasteiger partial charge in [-0.2, -0.15) is 5.21 Å². The Morgan fingerprint density at radius 1 is 1.35 bits per heavy atom. The van der Waals surface area contributed by atoms with Gasteiger partial charge in [-0.25, -0.2) is 8.78 Å². The van der Waals surface area contributed by atoms with Gasteiger partial charge < -0.3 is 4.90 Å². The number of amides is 1. The van der Waals surface area contributed by atoms with Crippen LogP contribution in [0.15, 0.2) is 18.2 Å². The van der Waals surface area contributed by atoms with Gasteiger partial charge in [-0.05, 0) is 24.5 Å². The van der Waals surface area contributed by atoms with E-state index in [0.29, 0.717) is 31.8 Å². The third kappa shape index (κ3) is 3.20. The molecule has 0 saturated carbocycles. The van der Waals surface area contributed by atoms with E-state index in [2.05, 4.69) is 20.6 Å². The van der Waals surface area contributed by atoms with Crippen LogP contribution < -0.4 is 0 Å². The summed E-state index contributed by atoms with van der Waals surface area (Å²) in [5, 5.41) is 14.1. The maximum absolute atomic E-state index is 13.6. The fourth-order valence-corrected chi connectivity index (χ4v) is 2.83. The summed E-state index contributed by atoms with van der Waals surface area (Å²) in [7, 11) is 0. The van der Waals surface area contributed by atoms with Crippen LogP contribution in [0.2, 0.25) is 0 Å². The summed E-state index contributed by atoms with van der Waals surface area (Å²) < 4.78 is 26.6. The second-order valence-corrected chi connectivity index (χ2v) is 6.09. The largest absolute Gasteiger partial charge is 0.342 e. The van der Waals surface area contributed by atoms with Crippen LogP contribution >= 0.6 is 0 Å². The van der Waals surface area contributed by atoms with Gasteiger partial charge in [0.15, 0.2) is 5.82 Å². The molecule has 1 aliphatic heterocycles. The minimum absolute atomic E-state index is 0.0644. The summed E-state index contributed by atoms with van der Waals surface area (Å²) in [6.07, 6.45) is 1.36. The summed E-state index contributed by atoms with van der Waals surface area (Å²) in [6, 6.07) is 3.28. The minimum atomic E-state index is -0.688. The van der Waals surface area contributed by atoms with E-state index in [1.807, 2.05) is 6.92 Å². The monoisotopic (exact) mass is 321 g/mol. The molecule has 1 aromatic carbocycles. The normalized spacial score (nSPS) is 17.3. The molecule has 0 atom stereocenters. The zero-order chi connectivity index (χ0) is 16.4. The molecule has 0 unspecified atom stereocenters. The molecule has 0 spiro atoms. The second kappa shape index (κ2) is 6.02. The highest BCUT2D eigenvalue weighted by molar-refractivity contribution is 5.79. The molecule has 0 aliphatic carbocycles. The van der Waals surface area contributed by atoms with Crippen LogP contribution in [0.25, 0.3) is 0 Å². The van der Waals surface area contributed by atoms with Crippen molar-refractivity contribution >= 4 is 5.91 Å². The molecule has 1 aromatic heterocycles. The highest BCUT2D eigenvalue weighted by Crippen LogP contribution is 2.32. The molecule has 1 N–H and O–H groups in total. The number of aromatic amines is 1. The quantitative estimate of drug-likeness (QED) is 0.932. The van der Waals surface area contributed by atoms with E-state index in [9.17, 15) is 13.6 Å². The Kier molecular flexibility index (Phi) is 4.06. The van der Waals surface area contributed by atoms with Crippen molar-refractivity contribution in [1.29, 1.82) is 0 Å². The molecule has 2 heterocycles. The predicted molar refractivity (Wildman–Crippen MR) is 77.4 cm³/mol. The number of piperidine rings is 1. The molecule has 0 radical (unpaired) electrons. The third-order valence-corrected chi connectivity index (χ3v) is 4.46. The first-order valence-corrected chi connectivity index (χ1v) is 7.43. The topological polar surface area (TPSA) is 74.8 Å². The Labute approximate surface area is 131 Å². The molecular weight excluding hydrogens is 304 g/mol. The van der Waals surface area contributed by atoms with Gasteiger partial charge >= 0.3 is 0 Å². The van der Waals surface area contributed by atoms with E-state index in [1.165, 1.54) is 6.07 Å². The Bertz CT molecular complexity index is 696. The molecule has 1 amide bonds. The number of likely N-dealkylation sites (tertiary alicyclic amines) is 1. The van der Waals surface area contributed by atoms with E-state index < -0.39 is 11.6 Å².